The Morgan fingerprint density at radius 1 is 1.39 bits per heavy atom. The summed E-state index contributed by atoms with van der Waals surface area (Å²) in [6.45, 7) is 5.57. The maximum absolute atomic E-state index is 13.7. The van der Waals surface area contributed by atoms with Gasteiger partial charge in [0.25, 0.3) is 0 Å². The Hall–Kier alpha value is -1.97. The number of hydrogen-bond donors (Lipinski definition) is 3. The summed E-state index contributed by atoms with van der Waals surface area (Å²) < 4.78 is 32.8. The number of methoxy groups -OCH3 is 1. The molecule has 1 saturated heterocycles. The molecule has 1 atom stereocenters. The van der Waals surface area contributed by atoms with Gasteiger partial charge in [0.1, 0.15) is 21.7 Å². The Kier molecular flexibility index (Phi) is 10.7. The maximum atomic E-state index is 13.7. The molecule has 28 heavy (non-hydrogen) atoms. The maximum Gasteiger partial charge on any atom is 0.318 e. The summed E-state index contributed by atoms with van der Waals surface area (Å²) in [7, 11) is 1.40. The first kappa shape index (κ1) is 24.1. The number of benzene rings is 1. The molecule has 1 unspecified atom stereocenters. The van der Waals surface area contributed by atoms with Crippen molar-refractivity contribution in [3.05, 3.63) is 39.9 Å². The number of amides is 2. The van der Waals surface area contributed by atoms with Crippen LogP contribution in [0.25, 0.3) is 0 Å². The van der Waals surface area contributed by atoms with Gasteiger partial charge in [0, 0.05) is 30.2 Å². The Labute approximate surface area is 172 Å². The first-order chi connectivity index (χ1) is 13.4. The summed E-state index contributed by atoms with van der Waals surface area (Å²) in [5.74, 6) is -0.863. The molecular formula is C18H25ClF2N4O2S. The van der Waals surface area contributed by atoms with E-state index in [1.165, 1.54) is 25.4 Å². The Morgan fingerprint density at radius 3 is 2.46 bits per heavy atom. The van der Waals surface area contributed by atoms with E-state index in [9.17, 15) is 13.6 Å². The number of rotatable bonds is 3. The van der Waals surface area contributed by atoms with Gasteiger partial charge in [-0.1, -0.05) is 36.8 Å². The zero-order valence-electron chi connectivity index (χ0n) is 16.0. The van der Waals surface area contributed by atoms with Crippen molar-refractivity contribution in [3.8, 4) is 5.75 Å². The zero-order valence-corrected chi connectivity index (χ0v) is 17.6. The summed E-state index contributed by atoms with van der Waals surface area (Å²) in [6, 6.07) is 1.85. The summed E-state index contributed by atoms with van der Waals surface area (Å²) >= 11 is 6.67. The van der Waals surface area contributed by atoms with Crippen molar-refractivity contribution < 1.29 is 18.3 Å². The molecule has 2 amide bonds. The standard InChI is InChI=1S/C12H15F2NO.C4H4ClN3OS.C2H6/c1-16-9-5-10(13)12(11(14)6-9)8-3-2-4-15-7-8;5-2-1-7-4(10-2)8-3(6)9;1-2/h5-6,8,15H,2-4,7H2,1H3;1H,(H3,6,7,8,9);1-2H3. The van der Waals surface area contributed by atoms with E-state index in [2.05, 4.69) is 15.6 Å². The van der Waals surface area contributed by atoms with Crippen molar-refractivity contribution >= 4 is 34.1 Å². The number of aromatic nitrogens is 1. The zero-order chi connectivity index (χ0) is 21.1. The summed E-state index contributed by atoms with van der Waals surface area (Å²) in [5.41, 5.74) is 5.00. The van der Waals surface area contributed by atoms with Gasteiger partial charge in [-0.2, -0.15) is 0 Å². The lowest BCUT2D eigenvalue weighted by molar-refractivity contribution is 0.259. The highest BCUT2D eigenvalue weighted by atomic mass is 35.5. The molecule has 1 fully saturated rings. The molecule has 0 bridgehead atoms. The molecule has 10 heteroatoms. The number of primary amides is 1. The molecule has 1 aliphatic heterocycles. The summed E-state index contributed by atoms with van der Waals surface area (Å²) in [4.78, 5) is 13.9. The van der Waals surface area contributed by atoms with Gasteiger partial charge in [-0.25, -0.2) is 18.6 Å². The second-order valence-corrected chi connectivity index (χ2v) is 7.17. The number of halogens is 3. The minimum atomic E-state index is -0.633. The average Bonchev–Trinajstić information content (AvgIpc) is 3.08. The molecule has 0 saturated carbocycles. The largest absolute Gasteiger partial charge is 0.497 e. The molecule has 4 N–H and O–H groups in total. The molecule has 1 aliphatic rings. The quantitative estimate of drug-likeness (QED) is 0.650. The monoisotopic (exact) mass is 434 g/mol. The minimum Gasteiger partial charge on any atom is -0.497 e. The molecule has 1 aromatic carbocycles. The lowest BCUT2D eigenvalue weighted by Crippen LogP contribution is -2.29. The van der Waals surface area contributed by atoms with Gasteiger partial charge >= 0.3 is 6.03 Å². The van der Waals surface area contributed by atoms with Gasteiger partial charge < -0.3 is 15.8 Å². The van der Waals surface area contributed by atoms with Crippen LogP contribution in [0.1, 0.15) is 38.2 Å². The fourth-order valence-corrected chi connectivity index (χ4v) is 3.40. The Balaban J connectivity index is 0.000000281. The normalized spacial score (nSPS) is 15.4. The molecular weight excluding hydrogens is 410 g/mol. The predicted octanol–water partition coefficient (Wildman–Crippen LogP) is 4.75. The highest BCUT2D eigenvalue weighted by Crippen LogP contribution is 2.30. The SMILES string of the molecule is CC.COc1cc(F)c(C2CCCNC2)c(F)c1.NC(=O)Nc1ncc(Cl)s1. The molecule has 3 rings (SSSR count). The van der Waals surface area contributed by atoms with E-state index >= 15 is 0 Å². The van der Waals surface area contributed by atoms with E-state index < -0.39 is 17.7 Å². The molecule has 156 valence electrons. The van der Waals surface area contributed by atoms with Crippen LogP contribution in [0.4, 0.5) is 18.7 Å². The lowest BCUT2D eigenvalue weighted by atomic mass is 9.91. The third kappa shape index (κ3) is 7.57. The van der Waals surface area contributed by atoms with Crippen LogP contribution in [-0.2, 0) is 0 Å². The predicted molar refractivity (Wildman–Crippen MR) is 109 cm³/mol. The Bertz CT molecular complexity index is 732. The number of ether oxygens (including phenoxy) is 1. The van der Waals surface area contributed by atoms with Crippen molar-refractivity contribution in [1.29, 1.82) is 0 Å². The van der Waals surface area contributed by atoms with E-state index in [-0.39, 0.29) is 17.2 Å². The van der Waals surface area contributed by atoms with E-state index in [0.29, 0.717) is 16.0 Å². The molecule has 2 heterocycles. The summed E-state index contributed by atoms with van der Waals surface area (Å²) in [6.07, 6.45) is 3.22. The van der Waals surface area contributed by atoms with E-state index in [4.69, 9.17) is 22.1 Å². The highest BCUT2D eigenvalue weighted by molar-refractivity contribution is 7.19. The van der Waals surface area contributed by atoms with Crippen LogP contribution in [-0.4, -0.2) is 31.2 Å². The molecule has 2 aromatic rings. The number of hydrogen-bond acceptors (Lipinski definition) is 5. The van der Waals surface area contributed by atoms with E-state index in [0.717, 1.165) is 30.7 Å². The number of thiazole rings is 1. The van der Waals surface area contributed by atoms with E-state index in [1.54, 1.807) is 0 Å². The number of carbonyl (C=O) groups excluding carboxylic acids is 1. The molecule has 1 aromatic heterocycles. The van der Waals surface area contributed by atoms with Crippen LogP contribution >= 0.6 is 22.9 Å². The van der Waals surface area contributed by atoms with Crippen LogP contribution in [0.3, 0.4) is 0 Å². The number of carbonyl (C=O) groups is 1. The van der Waals surface area contributed by atoms with Crippen molar-refractivity contribution in [2.24, 2.45) is 5.73 Å². The molecule has 0 spiro atoms. The molecule has 6 nitrogen and oxygen atoms in total. The topological polar surface area (TPSA) is 89.3 Å². The minimum absolute atomic E-state index is 0.0698. The third-order valence-electron chi connectivity index (χ3n) is 3.70. The highest BCUT2D eigenvalue weighted by Gasteiger charge is 2.23. The van der Waals surface area contributed by atoms with Gasteiger partial charge in [0.15, 0.2) is 5.13 Å². The first-order valence-electron chi connectivity index (χ1n) is 8.82. The van der Waals surface area contributed by atoms with Crippen LogP contribution in [0.5, 0.6) is 5.75 Å². The second kappa shape index (κ2) is 12.5. The second-order valence-electron chi connectivity index (χ2n) is 5.51. The Morgan fingerprint density at radius 2 is 2.04 bits per heavy atom. The van der Waals surface area contributed by atoms with Crippen molar-refractivity contribution in [2.45, 2.75) is 32.6 Å². The van der Waals surface area contributed by atoms with Crippen molar-refractivity contribution in [1.82, 2.24) is 10.3 Å². The smallest absolute Gasteiger partial charge is 0.318 e. The van der Waals surface area contributed by atoms with Gasteiger partial charge in [0.2, 0.25) is 0 Å². The van der Waals surface area contributed by atoms with Gasteiger partial charge in [-0.15, -0.1) is 0 Å². The summed E-state index contributed by atoms with van der Waals surface area (Å²) in [5, 5.41) is 5.85. The van der Waals surface area contributed by atoms with Crippen LogP contribution in [0, 0.1) is 11.6 Å². The first-order valence-corrected chi connectivity index (χ1v) is 10.0. The van der Waals surface area contributed by atoms with Crippen LogP contribution < -0.4 is 21.1 Å². The number of nitrogens with zero attached hydrogens (tertiary/aromatic N) is 1. The fraction of sp³-hybridized carbons (Fsp3) is 0.444. The van der Waals surface area contributed by atoms with Crippen LogP contribution in [0.15, 0.2) is 18.3 Å². The number of nitrogens with two attached hydrogens (primary N) is 1. The van der Waals surface area contributed by atoms with Gasteiger partial charge in [-0.05, 0) is 19.4 Å². The number of nitrogens with one attached hydrogen (secondary N) is 2. The van der Waals surface area contributed by atoms with Crippen molar-refractivity contribution in [2.75, 3.05) is 25.5 Å². The lowest BCUT2D eigenvalue weighted by Gasteiger charge is -2.24. The molecule has 0 radical (unpaired) electrons. The third-order valence-corrected chi connectivity index (χ3v) is 4.73. The molecule has 0 aliphatic carbocycles. The van der Waals surface area contributed by atoms with Gasteiger partial charge in [0.05, 0.1) is 13.3 Å². The fourth-order valence-electron chi connectivity index (χ4n) is 2.58. The number of anilines is 1. The average molecular weight is 435 g/mol. The van der Waals surface area contributed by atoms with Crippen LogP contribution in [0.2, 0.25) is 4.34 Å². The van der Waals surface area contributed by atoms with E-state index in [1.807, 2.05) is 13.8 Å². The number of piperidine rings is 1. The number of urea groups is 1. The van der Waals surface area contributed by atoms with Crippen molar-refractivity contribution in [3.63, 3.8) is 0 Å². The van der Waals surface area contributed by atoms with Gasteiger partial charge in [-0.3, -0.25) is 5.32 Å².